The van der Waals surface area contributed by atoms with E-state index in [4.69, 9.17) is 18.9 Å². The van der Waals surface area contributed by atoms with Crippen molar-refractivity contribution in [1.82, 2.24) is 4.90 Å². The van der Waals surface area contributed by atoms with Crippen LogP contribution in [0.15, 0.2) is 36.4 Å². The zero-order valence-corrected chi connectivity index (χ0v) is 18.3. The van der Waals surface area contributed by atoms with Crippen LogP contribution in [0.25, 0.3) is 0 Å². The van der Waals surface area contributed by atoms with Crippen LogP contribution in [-0.4, -0.2) is 76.9 Å². The molecule has 0 spiro atoms. The van der Waals surface area contributed by atoms with Gasteiger partial charge in [0.1, 0.15) is 22.8 Å². The zero-order valence-electron chi connectivity index (χ0n) is 18.3. The van der Waals surface area contributed by atoms with E-state index < -0.39 is 0 Å². The van der Waals surface area contributed by atoms with Gasteiger partial charge < -0.3 is 29.2 Å². The fourth-order valence-electron chi connectivity index (χ4n) is 3.86. The highest BCUT2D eigenvalue weighted by Crippen LogP contribution is 2.35. The fourth-order valence-corrected chi connectivity index (χ4v) is 3.86. The third-order valence-corrected chi connectivity index (χ3v) is 5.56. The Bertz CT molecular complexity index is 967. The van der Waals surface area contributed by atoms with Gasteiger partial charge in [0, 0.05) is 31.9 Å². The van der Waals surface area contributed by atoms with Crippen LogP contribution in [0.5, 0.6) is 17.2 Å². The lowest BCUT2D eigenvalue weighted by molar-refractivity contribution is -0.121. The summed E-state index contributed by atoms with van der Waals surface area (Å²) in [7, 11) is 3.00. The number of carbonyl (C=O) groups is 2. The van der Waals surface area contributed by atoms with Crippen LogP contribution < -0.4 is 24.4 Å². The van der Waals surface area contributed by atoms with Crippen LogP contribution in [0.4, 0.5) is 11.4 Å². The van der Waals surface area contributed by atoms with Gasteiger partial charge in [-0.15, -0.1) is 0 Å². The minimum Gasteiger partial charge on any atom is -0.496 e. The highest BCUT2D eigenvalue weighted by atomic mass is 16.5. The van der Waals surface area contributed by atoms with Gasteiger partial charge in [0.25, 0.3) is 11.8 Å². The maximum Gasteiger partial charge on any atom is 0.265 e. The van der Waals surface area contributed by atoms with E-state index in [1.54, 1.807) is 41.3 Å². The van der Waals surface area contributed by atoms with Gasteiger partial charge in [0.2, 0.25) is 0 Å². The third kappa shape index (κ3) is 4.63. The van der Waals surface area contributed by atoms with Crippen molar-refractivity contribution in [2.24, 2.45) is 0 Å². The number of hydrogen-bond donors (Lipinski definition) is 1. The Hall–Kier alpha value is -3.30. The second-order valence-corrected chi connectivity index (χ2v) is 7.46. The Balaban J connectivity index is 1.54. The number of rotatable bonds is 7. The van der Waals surface area contributed by atoms with Gasteiger partial charge in [0.05, 0.1) is 33.1 Å². The van der Waals surface area contributed by atoms with Crippen LogP contribution >= 0.6 is 0 Å². The predicted molar refractivity (Wildman–Crippen MR) is 119 cm³/mol. The van der Waals surface area contributed by atoms with Crippen LogP contribution in [0.3, 0.4) is 0 Å². The SMILES string of the molecule is COc1cccc(OC)c1C(=O)Nc1ccc2c(c1)N(CCN1CCOCC1)C(=O)CO2. The number of methoxy groups -OCH3 is 2. The van der Waals surface area contributed by atoms with Crippen molar-refractivity contribution < 1.29 is 28.5 Å². The highest BCUT2D eigenvalue weighted by molar-refractivity contribution is 6.09. The molecular formula is C23H27N3O6. The molecule has 2 aliphatic heterocycles. The van der Waals surface area contributed by atoms with E-state index in [2.05, 4.69) is 10.2 Å². The molecule has 2 heterocycles. The Morgan fingerprint density at radius 3 is 2.47 bits per heavy atom. The summed E-state index contributed by atoms with van der Waals surface area (Å²) in [6, 6.07) is 10.4. The van der Waals surface area contributed by atoms with E-state index >= 15 is 0 Å². The Morgan fingerprint density at radius 1 is 1.06 bits per heavy atom. The molecule has 9 nitrogen and oxygen atoms in total. The molecule has 0 unspecified atom stereocenters. The summed E-state index contributed by atoms with van der Waals surface area (Å²) in [5, 5.41) is 2.88. The van der Waals surface area contributed by atoms with Gasteiger partial charge in [-0.1, -0.05) is 6.07 Å². The van der Waals surface area contributed by atoms with Crippen LogP contribution in [0, 0.1) is 0 Å². The lowest BCUT2D eigenvalue weighted by Gasteiger charge is -2.33. The van der Waals surface area contributed by atoms with Gasteiger partial charge >= 0.3 is 0 Å². The maximum absolute atomic E-state index is 13.0. The van der Waals surface area contributed by atoms with Gasteiger partial charge in [-0.05, 0) is 30.3 Å². The average molecular weight is 441 g/mol. The molecule has 0 atom stereocenters. The number of hydrogen-bond acceptors (Lipinski definition) is 7. The first kappa shape index (κ1) is 21.9. The first-order chi connectivity index (χ1) is 15.6. The highest BCUT2D eigenvalue weighted by Gasteiger charge is 2.27. The predicted octanol–water partition coefficient (Wildman–Crippen LogP) is 2.01. The second kappa shape index (κ2) is 9.88. The number of fused-ring (bicyclic) bond motifs is 1. The van der Waals surface area contributed by atoms with Crippen LogP contribution in [-0.2, 0) is 9.53 Å². The number of nitrogens with zero attached hydrogens (tertiary/aromatic N) is 2. The normalized spacial score (nSPS) is 16.2. The number of benzene rings is 2. The molecule has 1 N–H and O–H groups in total. The molecule has 0 radical (unpaired) electrons. The lowest BCUT2D eigenvalue weighted by atomic mass is 10.1. The molecular weight excluding hydrogens is 414 g/mol. The summed E-state index contributed by atoms with van der Waals surface area (Å²) in [6.07, 6.45) is 0. The molecule has 170 valence electrons. The van der Waals surface area contributed by atoms with Gasteiger partial charge in [-0.3, -0.25) is 14.5 Å². The molecule has 32 heavy (non-hydrogen) atoms. The lowest BCUT2D eigenvalue weighted by Crippen LogP contribution is -2.45. The molecule has 4 rings (SSSR count). The molecule has 1 saturated heterocycles. The number of amides is 2. The van der Waals surface area contributed by atoms with Crippen molar-refractivity contribution >= 4 is 23.2 Å². The Morgan fingerprint density at radius 2 is 1.78 bits per heavy atom. The molecule has 2 aliphatic rings. The standard InChI is InChI=1S/C23H27N3O6/c1-29-19-4-3-5-20(30-2)22(19)23(28)24-16-6-7-18-17(14-16)26(21(27)15-32-18)9-8-25-10-12-31-13-11-25/h3-7,14H,8-13,15H2,1-2H3,(H,24,28). The summed E-state index contributed by atoms with van der Waals surface area (Å²) in [6.45, 7) is 4.38. The van der Waals surface area contributed by atoms with Crippen molar-refractivity contribution in [2.75, 3.05) is 70.4 Å². The monoisotopic (exact) mass is 441 g/mol. The van der Waals surface area contributed by atoms with Crippen LogP contribution in [0.2, 0.25) is 0 Å². The molecule has 1 fully saturated rings. The Kier molecular flexibility index (Phi) is 6.77. The van der Waals surface area contributed by atoms with E-state index in [1.165, 1.54) is 14.2 Å². The number of anilines is 2. The topological polar surface area (TPSA) is 89.6 Å². The summed E-state index contributed by atoms with van der Waals surface area (Å²) in [5.41, 5.74) is 1.47. The molecule has 0 saturated carbocycles. The van der Waals surface area contributed by atoms with E-state index in [0.717, 1.165) is 19.6 Å². The van der Waals surface area contributed by atoms with E-state index in [-0.39, 0.29) is 18.4 Å². The Labute approximate surface area is 186 Å². The van der Waals surface area contributed by atoms with Gasteiger partial charge in [-0.25, -0.2) is 0 Å². The first-order valence-electron chi connectivity index (χ1n) is 10.5. The quantitative estimate of drug-likeness (QED) is 0.703. The van der Waals surface area contributed by atoms with Crippen molar-refractivity contribution in [3.8, 4) is 17.2 Å². The van der Waals surface area contributed by atoms with E-state index in [9.17, 15) is 9.59 Å². The second-order valence-electron chi connectivity index (χ2n) is 7.46. The third-order valence-electron chi connectivity index (χ3n) is 5.56. The zero-order chi connectivity index (χ0) is 22.5. The van der Waals surface area contributed by atoms with E-state index in [1.807, 2.05) is 0 Å². The molecule has 9 heteroatoms. The number of ether oxygens (including phenoxy) is 4. The summed E-state index contributed by atoms with van der Waals surface area (Å²) in [5.74, 6) is 0.943. The smallest absolute Gasteiger partial charge is 0.265 e. The minimum absolute atomic E-state index is 0.000228. The molecule has 2 aromatic rings. The molecule has 0 aromatic heterocycles. The summed E-state index contributed by atoms with van der Waals surface area (Å²) < 4.78 is 21.6. The van der Waals surface area contributed by atoms with Crippen molar-refractivity contribution in [1.29, 1.82) is 0 Å². The van der Waals surface area contributed by atoms with Crippen molar-refractivity contribution in [2.45, 2.75) is 0 Å². The molecule has 0 aliphatic carbocycles. The van der Waals surface area contributed by atoms with Gasteiger partial charge in [-0.2, -0.15) is 0 Å². The first-order valence-corrected chi connectivity index (χ1v) is 10.5. The molecule has 0 bridgehead atoms. The number of carbonyl (C=O) groups excluding carboxylic acids is 2. The number of morpholine rings is 1. The van der Waals surface area contributed by atoms with Crippen LogP contribution in [0.1, 0.15) is 10.4 Å². The van der Waals surface area contributed by atoms with Gasteiger partial charge in [0.15, 0.2) is 6.61 Å². The maximum atomic E-state index is 13.0. The molecule has 2 aromatic carbocycles. The van der Waals surface area contributed by atoms with E-state index in [0.29, 0.717) is 53.9 Å². The summed E-state index contributed by atoms with van der Waals surface area (Å²) >= 11 is 0. The molecule has 2 amide bonds. The largest absolute Gasteiger partial charge is 0.496 e. The summed E-state index contributed by atoms with van der Waals surface area (Å²) in [4.78, 5) is 29.6. The fraction of sp³-hybridized carbons (Fsp3) is 0.391. The average Bonchev–Trinajstić information content (AvgIpc) is 2.83. The van der Waals surface area contributed by atoms with Crippen molar-refractivity contribution in [3.05, 3.63) is 42.0 Å². The number of nitrogens with one attached hydrogen (secondary N) is 1. The minimum atomic E-state index is -0.373. The van der Waals surface area contributed by atoms with Crippen molar-refractivity contribution in [3.63, 3.8) is 0 Å².